The second-order valence-electron chi connectivity index (χ2n) is 6.07. The third-order valence-corrected chi connectivity index (χ3v) is 4.09. The van der Waals surface area contributed by atoms with E-state index in [9.17, 15) is 8.78 Å². The average Bonchev–Trinajstić information content (AvgIpc) is 2.92. The van der Waals surface area contributed by atoms with Crippen LogP contribution in [0.1, 0.15) is 28.3 Å². The molecular weight excluding hydrogens is 322 g/mol. The smallest absolute Gasteiger partial charge is 0.147 e. The molecule has 3 aromatic rings. The Morgan fingerprint density at radius 1 is 0.960 bits per heavy atom. The zero-order valence-electron chi connectivity index (χ0n) is 14.3. The van der Waals surface area contributed by atoms with E-state index in [0.29, 0.717) is 25.2 Å². The number of benzene rings is 2. The van der Waals surface area contributed by atoms with E-state index in [2.05, 4.69) is 46.7 Å². The summed E-state index contributed by atoms with van der Waals surface area (Å²) in [7, 11) is 0. The Balaban J connectivity index is 1.66. The number of aromatic nitrogens is 3. The second-order valence-corrected chi connectivity index (χ2v) is 6.07. The molecule has 1 aromatic heterocycles. The highest BCUT2D eigenvalue weighted by molar-refractivity contribution is 5.22. The molecule has 0 bridgehead atoms. The minimum atomic E-state index is -0.574. The van der Waals surface area contributed by atoms with E-state index in [4.69, 9.17) is 0 Å². The van der Waals surface area contributed by atoms with Gasteiger partial charge in [0, 0.05) is 18.2 Å². The summed E-state index contributed by atoms with van der Waals surface area (Å²) in [5.41, 5.74) is 2.80. The van der Waals surface area contributed by atoms with Gasteiger partial charge in [0.25, 0.3) is 0 Å². The number of halogens is 2. The number of nitrogens with one attached hydrogen (secondary N) is 1. The topological polar surface area (TPSA) is 42.7 Å². The van der Waals surface area contributed by atoms with Crippen LogP contribution in [0.25, 0.3) is 0 Å². The van der Waals surface area contributed by atoms with Crippen LogP contribution >= 0.6 is 0 Å². The van der Waals surface area contributed by atoms with E-state index in [1.165, 1.54) is 23.3 Å². The van der Waals surface area contributed by atoms with Crippen LogP contribution in [0.3, 0.4) is 0 Å². The fraction of sp³-hybridized carbons (Fsp3) is 0.263. The zero-order chi connectivity index (χ0) is 17.8. The molecule has 0 fully saturated rings. The Bertz CT molecular complexity index is 856. The first-order valence-electron chi connectivity index (χ1n) is 8.12. The fourth-order valence-corrected chi connectivity index (χ4v) is 2.61. The molecule has 2 aromatic carbocycles. The van der Waals surface area contributed by atoms with Crippen molar-refractivity contribution < 1.29 is 8.78 Å². The zero-order valence-corrected chi connectivity index (χ0v) is 14.3. The van der Waals surface area contributed by atoms with Crippen molar-refractivity contribution in [3.05, 3.63) is 82.4 Å². The van der Waals surface area contributed by atoms with Crippen LogP contribution in [-0.2, 0) is 19.6 Å². The van der Waals surface area contributed by atoms with Crippen LogP contribution in [0.4, 0.5) is 8.78 Å². The van der Waals surface area contributed by atoms with Gasteiger partial charge in [0.05, 0.1) is 13.1 Å². The second kappa shape index (κ2) is 7.53. The van der Waals surface area contributed by atoms with Crippen LogP contribution in [0.15, 0.2) is 42.5 Å². The highest BCUT2D eigenvalue weighted by Gasteiger charge is 2.10. The van der Waals surface area contributed by atoms with Crippen molar-refractivity contribution in [1.29, 1.82) is 0 Å². The summed E-state index contributed by atoms with van der Waals surface area (Å²) < 4.78 is 28.6. The van der Waals surface area contributed by atoms with Crippen LogP contribution < -0.4 is 5.32 Å². The number of nitrogens with zero attached hydrogens (tertiary/aromatic N) is 3. The van der Waals surface area contributed by atoms with Gasteiger partial charge in [0.15, 0.2) is 0 Å². The van der Waals surface area contributed by atoms with Crippen LogP contribution in [-0.4, -0.2) is 14.8 Å². The predicted molar refractivity (Wildman–Crippen MR) is 91.9 cm³/mol. The van der Waals surface area contributed by atoms with Gasteiger partial charge in [-0.25, -0.2) is 8.78 Å². The SMILES string of the molecule is Cc1ccc(Cn2c(C)nnc2CNCc2ccc(F)cc2F)cc1. The minimum Gasteiger partial charge on any atom is -0.310 e. The third kappa shape index (κ3) is 4.28. The maximum Gasteiger partial charge on any atom is 0.147 e. The van der Waals surface area contributed by atoms with Gasteiger partial charge < -0.3 is 9.88 Å². The van der Waals surface area contributed by atoms with Crippen molar-refractivity contribution in [2.24, 2.45) is 0 Å². The van der Waals surface area contributed by atoms with Gasteiger partial charge in [-0.15, -0.1) is 10.2 Å². The summed E-state index contributed by atoms with van der Waals surface area (Å²) in [4.78, 5) is 0. The molecule has 0 saturated carbocycles. The summed E-state index contributed by atoms with van der Waals surface area (Å²) >= 11 is 0. The average molecular weight is 342 g/mol. The van der Waals surface area contributed by atoms with Gasteiger partial charge in [-0.05, 0) is 25.5 Å². The lowest BCUT2D eigenvalue weighted by molar-refractivity contribution is 0.553. The standard InChI is InChI=1S/C19H20F2N4/c1-13-3-5-15(6-4-13)12-25-14(2)23-24-19(25)11-22-10-16-7-8-17(20)9-18(16)21/h3-9,22H,10-12H2,1-2H3. The van der Waals surface area contributed by atoms with Gasteiger partial charge in [-0.3, -0.25) is 0 Å². The highest BCUT2D eigenvalue weighted by atomic mass is 19.1. The van der Waals surface area contributed by atoms with Crippen molar-refractivity contribution in [2.45, 2.75) is 33.5 Å². The monoisotopic (exact) mass is 342 g/mol. The van der Waals surface area contributed by atoms with E-state index in [0.717, 1.165) is 17.7 Å². The molecule has 0 aliphatic rings. The highest BCUT2D eigenvalue weighted by Crippen LogP contribution is 2.11. The molecule has 0 saturated heterocycles. The molecule has 1 heterocycles. The Morgan fingerprint density at radius 2 is 1.72 bits per heavy atom. The molecule has 0 aliphatic heterocycles. The first-order chi connectivity index (χ1) is 12.0. The lowest BCUT2D eigenvalue weighted by Gasteiger charge is -2.10. The Morgan fingerprint density at radius 3 is 2.44 bits per heavy atom. The van der Waals surface area contributed by atoms with Crippen LogP contribution in [0, 0.1) is 25.5 Å². The van der Waals surface area contributed by atoms with E-state index >= 15 is 0 Å². The van der Waals surface area contributed by atoms with Crippen molar-refractivity contribution >= 4 is 0 Å². The molecule has 25 heavy (non-hydrogen) atoms. The molecule has 0 atom stereocenters. The molecule has 130 valence electrons. The lowest BCUT2D eigenvalue weighted by atomic mass is 10.1. The first-order valence-corrected chi connectivity index (χ1v) is 8.12. The van der Waals surface area contributed by atoms with Crippen LogP contribution in [0.5, 0.6) is 0 Å². The lowest BCUT2D eigenvalue weighted by Crippen LogP contribution is -2.18. The maximum atomic E-state index is 13.7. The van der Waals surface area contributed by atoms with Crippen molar-refractivity contribution in [2.75, 3.05) is 0 Å². The van der Waals surface area contributed by atoms with Gasteiger partial charge in [-0.2, -0.15) is 0 Å². The number of hydrogen-bond acceptors (Lipinski definition) is 3. The van der Waals surface area contributed by atoms with Gasteiger partial charge >= 0.3 is 0 Å². The summed E-state index contributed by atoms with van der Waals surface area (Å²) in [6.45, 7) is 5.38. The van der Waals surface area contributed by atoms with Gasteiger partial charge in [0.2, 0.25) is 0 Å². The van der Waals surface area contributed by atoms with Gasteiger partial charge in [-0.1, -0.05) is 35.9 Å². The fourth-order valence-electron chi connectivity index (χ4n) is 2.61. The largest absolute Gasteiger partial charge is 0.310 e. The number of rotatable bonds is 6. The number of aryl methyl sites for hydroxylation is 2. The first kappa shape index (κ1) is 17.2. The molecule has 0 aliphatic carbocycles. The molecule has 4 nitrogen and oxygen atoms in total. The predicted octanol–water partition coefficient (Wildman–Crippen LogP) is 3.51. The molecule has 0 spiro atoms. The molecule has 0 radical (unpaired) electrons. The summed E-state index contributed by atoms with van der Waals surface area (Å²) in [5.74, 6) is 0.477. The quantitative estimate of drug-likeness (QED) is 0.745. The van der Waals surface area contributed by atoms with Gasteiger partial charge in [0.1, 0.15) is 23.3 Å². The molecule has 0 unspecified atom stereocenters. The molecule has 0 amide bonds. The van der Waals surface area contributed by atoms with Crippen molar-refractivity contribution in [1.82, 2.24) is 20.1 Å². The Labute approximate surface area is 145 Å². The molecular formula is C19H20F2N4. The van der Waals surface area contributed by atoms with E-state index in [1.807, 2.05) is 11.5 Å². The van der Waals surface area contributed by atoms with Crippen molar-refractivity contribution in [3.8, 4) is 0 Å². The molecule has 1 N–H and O–H groups in total. The normalized spacial score (nSPS) is 11.0. The maximum absolute atomic E-state index is 13.7. The third-order valence-electron chi connectivity index (χ3n) is 4.09. The summed E-state index contributed by atoms with van der Waals surface area (Å²) in [6, 6.07) is 11.9. The van der Waals surface area contributed by atoms with E-state index < -0.39 is 11.6 Å². The Hall–Kier alpha value is -2.60. The number of hydrogen-bond donors (Lipinski definition) is 1. The van der Waals surface area contributed by atoms with E-state index in [1.54, 1.807) is 0 Å². The van der Waals surface area contributed by atoms with Crippen molar-refractivity contribution in [3.63, 3.8) is 0 Å². The minimum absolute atomic E-state index is 0.294. The molecule has 6 heteroatoms. The summed E-state index contributed by atoms with van der Waals surface area (Å²) in [5, 5.41) is 11.5. The van der Waals surface area contributed by atoms with E-state index in [-0.39, 0.29) is 0 Å². The Kier molecular flexibility index (Phi) is 5.19. The molecule has 3 rings (SSSR count). The summed E-state index contributed by atoms with van der Waals surface area (Å²) in [6.07, 6.45) is 0. The van der Waals surface area contributed by atoms with Crippen LogP contribution in [0.2, 0.25) is 0 Å².